The number of carbonyl (C=O) groups is 1. The van der Waals surface area contributed by atoms with Gasteiger partial charge in [-0.2, -0.15) is 0 Å². The molecule has 4 saturated carbocycles. The molecule has 8 unspecified atom stereocenters. The van der Waals surface area contributed by atoms with Gasteiger partial charge < -0.3 is 5.11 Å². The molecule has 8 atom stereocenters. The number of aliphatic hydroxyl groups excluding tert-OH is 1. The SMILES string of the molecule is CC1=NCC23CC(=O)C4C(CCC5(C)CC(O)CCC45C)C2CCC13. The van der Waals surface area contributed by atoms with Gasteiger partial charge in [0.1, 0.15) is 5.78 Å². The molecule has 0 amide bonds. The second-order valence-electron chi connectivity index (χ2n) is 10.6. The summed E-state index contributed by atoms with van der Waals surface area (Å²) in [7, 11) is 0. The minimum Gasteiger partial charge on any atom is -0.393 e. The smallest absolute Gasteiger partial charge is 0.137 e. The quantitative estimate of drug-likeness (QED) is 0.722. The first-order valence-electron chi connectivity index (χ1n) is 10.5. The van der Waals surface area contributed by atoms with E-state index in [4.69, 9.17) is 4.99 Å². The van der Waals surface area contributed by atoms with Crippen LogP contribution < -0.4 is 0 Å². The number of aliphatic imine (C=N–C) groups is 1. The Hall–Kier alpha value is -0.700. The first kappa shape index (κ1) is 16.5. The second kappa shape index (κ2) is 4.97. The molecule has 138 valence electrons. The zero-order valence-electron chi connectivity index (χ0n) is 16.1. The van der Waals surface area contributed by atoms with Gasteiger partial charge >= 0.3 is 0 Å². The molecule has 3 nitrogen and oxygen atoms in total. The number of hydrogen-bond acceptors (Lipinski definition) is 3. The van der Waals surface area contributed by atoms with Crippen LogP contribution in [0, 0.1) is 39.9 Å². The molecule has 25 heavy (non-hydrogen) atoms. The van der Waals surface area contributed by atoms with Crippen LogP contribution in [0.25, 0.3) is 0 Å². The minimum absolute atomic E-state index is 0.0838. The Balaban J connectivity index is 1.54. The van der Waals surface area contributed by atoms with E-state index in [9.17, 15) is 9.90 Å². The average Bonchev–Trinajstić information content (AvgIpc) is 3.06. The van der Waals surface area contributed by atoms with Crippen molar-refractivity contribution in [2.24, 2.45) is 44.9 Å². The summed E-state index contributed by atoms with van der Waals surface area (Å²) in [6.07, 6.45) is 8.34. The molecule has 1 aliphatic heterocycles. The highest BCUT2D eigenvalue weighted by atomic mass is 16.3. The molecule has 1 N–H and O–H groups in total. The molecule has 0 saturated heterocycles. The van der Waals surface area contributed by atoms with E-state index in [0.717, 1.165) is 32.2 Å². The standard InChI is InChI=1S/C22H33NO2/c1-13-16-4-5-17-15-7-8-20(2)10-14(24)6-9-21(20,3)19(15)18(25)11-22(16,17)12-23-13/h14-17,19,24H,4-12H2,1-3H3. The summed E-state index contributed by atoms with van der Waals surface area (Å²) in [5, 5.41) is 10.3. The number of fused-ring (bicyclic) bond motifs is 4. The lowest BCUT2D eigenvalue weighted by atomic mass is 9.40. The summed E-state index contributed by atoms with van der Waals surface area (Å²) < 4.78 is 0. The monoisotopic (exact) mass is 343 g/mol. The van der Waals surface area contributed by atoms with Crippen LogP contribution in [0.1, 0.15) is 72.1 Å². The molecule has 1 heterocycles. The van der Waals surface area contributed by atoms with Gasteiger partial charge in [0.15, 0.2) is 0 Å². The minimum atomic E-state index is -0.165. The number of hydrogen-bond donors (Lipinski definition) is 1. The molecule has 5 rings (SSSR count). The normalized spacial score (nSPS) is 57.4. The van der Waals surface area contributed by atoms with Gasteiger partial charge in [0.25, 0.3) is 0 Å². The van der Waals surface area contributed by atoms with Gasteiger partial charge in [-0.3, -0.25) is 9.79 Å². The lowest BCUT2D eigenvalue weighted by Crippen LogP contribution is -2.61. The molecule has 3 heteroatoms. The number of ketones is 1. The number of aliphatic hydroxyl groups is 1. The van der Waals surface area contributed by atoms with E-state index >= 15 is 0 Å². The molecular weight excluding hydrogens is 310 g/mol. The predicted molar refractivity (Wildman–Crippen MR) is 98.5 cm³/mol. The average molecular weight is 344 g/mol. The van der Waals surface area contributed by atoms with Crippen molar-refractivity contribution in [3.8, 4) is 0 Å². The van der Waals surface area contributed by atoms with Gasteiger partial charge in [-0.05, 0) is 74.5 Å². The fraction of sp³-hybridized carbons (Fsp3) is 0.909. The fourth-order valence-electron chi connectivity index (χ4n) is 8.49. The van der Waals surface area contributed by atoms with E-state index in [0.29, 0.717) is 23.5 Å². The molecule has 5 aliphatic rings. The summed E-state index contributed by atoms with van der Waals surface area (Å²) in [4.78, 5) is 18.4. The van der Waals surface area contributed by atoms with Gasteiger partial charge in [-0.25, -0.2) is 0 Å². The summed E-state index contributed by atoms with van der Waals surface area (Å²) in [6, 6.07) is 0. The first-order valence-corrected chi connectivity index (χ1v) is 10.5. The van der Waals surface area contributed by atoms with E-state index in [2.05, 4.69) is 20.8 Å². The van der Waals surface area contributed by atoms with Crippen LogP contribution in [0.15, 0.2) is 4.99 Å². The van der Waals surface area contributed by atoms with Crippen molar-refractivity contribution in [2.45, 2.75) is 78.2 Å². The van der Waals surface area contributed by atoms with Crippen molar-refractivity contribution in [2.75, 3.05) is 6.54 Å². The third kappa shape index (κ3) is 1.86. The van der Waals surface area contributed by atoms with Crippen LogP contribution in [-0.4, -0.2) is 29.3 Å². The molecule has 4 aliphatic carbocycles. The molecular formula is C22H33NO2. The van der Waals surface area contributed by atoms with Crippen LogP contribution in [-0.2, 0) is 4.79 Å². The number of Topliss-reactive ketones (excluding diaryl/α,β-unsaturated/α-hetero) is 1. The summed E-state index contributed by atoms with van der Waals surface area (Å²) >= 11 is 0. The van der Waals surface area contributed by atoms with E-state index in [1.807, 2.05) is 0 Å². The largest absolute Gasteiger partial charge is 0.393 e. The van der Waals surface area contributed by atoms with E-state index in [1.54, 1.807) is 0 Å². The van der Waals surface area contributed by atoms with Crippen molar-refractivity contribution >= 4 is 11.5 Å². The van der Waals surface area contributed by atoms with Gasteiger partial charge in [-0.15, -0.1) is 0 Å². The van der Waals surface area contributed by atoms with Gasteiger partial charge in [0.05, 0.1) is 6.10 Å². The zero-order valence-corrected chi connectivity index (χ0v) is 16.1. The molecule has 1 spiro atoms. The van der Waals surface area contributed by atoms with Crippen LogP contribution in [0.4, 0.5) is 0 Å². The van der Waals surface area contributed by atoms with Crippen molar-refractivity contribution in [1.82, 2.24) is 0 Å². The third-order valence-electron chi connectivity index (χ3n) is 9.90. The Labute approximate surface area is 151 Å². The maximum absolute atomic E-state index is 13.6. The van der Waals surface area contributed by atoms with Gasteiger partial charge in [0, 0.05) is 35.9 Å². The summed E-state index contributed by atoms with van der Waals surface area (Å²) in [5.41, 5.74) is 1.72. The van der Waals surface area contributed by atoms with E-state index in [-0.39, 0.29) is 28.3 Å². The Morgan fingerprint density at radius 3 is 2.72 bits per heavy atom. The zero-order chi connectivity index (χ0) is 17.6. The van der Waals surface area contributed by atoms with Gasteiger partial charge in [0.2, 0.25) is 0 Å². The maximum atomic E-state index is 13.6. The lowest BCUT2D eigenvalue weighted by Gasteiger charge is -2.64. The van der Waals surface area contributed by atoms with Crippen LogP contribution in [0.3, 0.4) is 0 Å². The van der Waals surface area contributed by atoms with E-state index in [1.165, 1.54) is 31.4 Å². The first-order chi connectivity index (χ1) is 11.8. The molecule has 0 aromatic rings. The molecule has 0 bridgehead atoms. The van der Waals surface area contributed by atoms with Crippen LogP contribution in [0.2, 0.25) is 0 Å². The topological polar surface area (TPSA) is 49.7 Å². The van der Waals surface area contributed by atoms with Crippen LogP contribution in [0.5, 0.6) is 0 Å². The molecule has 0 aromatic heterocycles. The van der Waals surface area contributed by atoms with Crippen molar-refractivity contribution < 1.29 is 9.90 Å². The number of carbonyl (C=O) groups excluding carboxylic acids is 1. The highest BCUT2D eigenvalue weighted by Gasteiger charge is 2.68. The summed E-state index contributed by atoms with van der Waals surface area (Å²) in [6.45, 7) is 7.87. The molecule has 0 radical (unpaired) electrons. The maximum Gasteiger partial charge on any atom is 0.137 e. The van der Waals surface area contributed by atoms with Crippen molar-refractivity contribution in [3.05, 3.63) is 0 Å². The molecule has 0 aromatic carbocycles. The Morgan fingerprint density at radius 2 is 1.92 bits per heavy atom. The van der Waals surface area contributed by atoms with E-state index < -0.39 is 0 Å². The Morgan fingerprint density at radius 1 is 1.12 bits per heavy atom. The van der Waals surface area contributed by atoms with Crippen molar-refractivity contribution in [1.29, 1.82) is 0 Å². The number of nitrogens with zero attached hydrogens (tertiary/aromatic N) is 1. The fourth-order valence-corrected chi connectivity index (χ4v) is 8.49. The van der Waals surface area contributed by atoms with Crippen molar-refractivity contribution in [3.63, 3.8) is 0 Å². The highest BCUT2D eigenvalue weighted by Crippen LogP contribution is 2.70. The highest BCUT2D eigenvalue weighted by molar-refractivity contribution is 5.91. The number of rotatable bonds is 0. The van der Waals surface area contributed by atoms with Gasteiger partial charge in [-0.1, -0.05) is 13.8 Å². The lowest BCUT2D eigenvalue weighted by molar-refractivity contribution is -0.179. The Bertz CT molecular complexity index is 656. The van der Waals surface area contributed by atoms with Crippen LogP contribution >= 0.6 is 0 Å². The molecule has 4 fully saturated rings. The second-order valence-corrected chi connectivity index (χ2v) is 10.6. The summed E-state index contributed by atoms with van der Waals surface area (Å²) in [5.74, 6) is 2.63. The third-order valence-corrected chi connectivity index (χ3v) is 9.90. The predicted octanol–water partition coefficient (Wildman–Crippen LogP) is 4.03. The Kier molecular flexibility index (Phi) is 3.27.